The number of benzene rings is 1. The number of esters is 1. The maximum atomic E-state index is 11.3. The molecule has 0 saturated heterocycles. The van der Waals surface area contributed by atoms with Crippen molar-refractivity contribution < 1.29 is 14.6 Å². The van der Waals surface area contributed by atoms with Crippen molar-refractivity contribution in [3.05, 3.63) is 29.3 Å². The van der Waals surface area contributed by atoms with Crippen LogP contribution in [0, 0.1) is 0 Å². The van der Waals surface area contributed by atoms with Crippen LogP contribution in [0.3, 0.4) is 0 Å². The van der Waals surface area contributed by atoms with E-state index in [2.05, 4.69) is 22.2 Å². The molecule has 0 fully saturated rings. The van der Waals surface area contributed by atoms with Crippen molar-refractivity contribution in [1.29, 1.82) is 0 Å². The molecule has 1 aliphatic rings. The number of hydrogen-bond acceptors (Lipinski definition) is 4. The van der Waals surface area contributed by atoms with E-state index in [0.29, 0.717) is 0 Å². The standard InChI is InChI=1S/C14H19NO3/c1-14(17,13(16)18-2)9-15-12-7-6-10-4-3-5-11(10)8-12/h6-8,15,17H,3-5,9H2,1-2H3. The monoisotopic (exact) mass is 249 g/mol. The number of nitrogens with one attached hydrogen (secondary N) is 1. The third-order valence-electron chi connectivity index (χ3n) is 3.36. The number of anilines is 1. The Morgan fingerprint density at radius 1 is 1.44 bits per heavy atom. The van der Waals surface area contributed by atoms with Gasteiger partial charge >= 0.3 is 5.97 Å². The van der Waals surface area contributed by atoms with E-state index < -0.39 is 11.6 Å². The molecule has 18 heavy (non-hydrogen) atoms. The first-order valence-corrected chi connectivity index (χ1v) is 6.19. The number of carbonyl (C=O) groups excluding carboxylic acids is 1. The molecular formula is C14H19NO3. The normalized spacial score (nSPS) is 16.8. The third kappa shape index (κ3) is 2.64. The summed E-state index contributed by atoms with van der Waals surface area (Å²) < 4.78 is 4.55. The zero-order valence-electron chi connectivity index (χ0n) is 10.8. The maximum Gasteiger partial charge on any atom is 0.339 e. The molecule has 4 heteroatoms. The van der Waals surface area contributed by atoms with Crippen LogP contribution in [-0.2, 0) is 22.4 Å². The molecule has 1 aromatic rings. The van der Waals surface area contributed by atoms with Crippen LogP contribution < -0.4 is 5.32 Å². The first-order valence-electron chi connectivity index (χ1n) is 6.19. The summed E-state index contributed by atoms with van der Waals surface area (Å²) in [5.74, 6) is -0.629. The zero-order valence-corrected chi connectivity index (χ0v) is 10.8. The summed E-state index contributed by atoms with van der Waals surface area (Å²) in [4.78, 5) is 11.3. The van der Waals surface area contributed by atoms with Crippen LogP contribution in [0.4, 0.5) is 5.69 Å². The summed E-state index contributed by atoms with van der Waals surface area (Å²) >= 11 is 0. The van der Waals surface area contributed by atoms with E-state index >= 15 is 0 Å². The summed E-state index contributed by atoms with van der Waals surface area (Å²) in [7, 11) is 1.27. The van der Waals surface area contributed by atoms with Gasteiger partial charge in [-0.2, -0.15) is 0 Å². The van der Waals surface area contributed by atoms with Gasteiger partial charge in [0.15, 0.2) is 5.60 Å². The average Bonchev–Trinajstić information content (AvgIpc) is 2.82. The van der Waals surface area contributed by atoms with Crippen molar-refractivity contribution in [2.75, 3.05) is 19.0 Å². The van der Waals surface area contributed by atoms with Gasteiger partial charge in [0.1, 0.15) is 0 Å². The lowest BCUT2D eigenvalue weighted by Gasteiger charge is -2.21. The van der Waals surface area contributed by atoms with E-state index in [1.165, 1.54) is 31.6 Å². The average molecular weight is 249 g/mol. The van der Waals surface area contributed by atoms with Crippen molar-refractivity contribution in [2.24, 2.45) is 0 Å². The number of hydrogen-bond donors (Lipinski definition) is 2. The minimum absolute atomic E-state index is 0.137. The minimum Gasteiger partial charge on any atom is -0.467 e. The number of aliphatic hydroxyl groups is 1. The highest BCUT2D eigenvalue weighted by molar-refractivity contribution is 5.79. The van der Waals surface area contributed by atoms with Crippen molar-refractivity contribution in [2.45, 2.75) is 31.8 Å². The number of fused-ring (bicyclic) bond motifs is 1. The second-order valence-corrected chi connectivity index (χ2v) is 4.96. The molecule has 0 bridgehead atoms. The van der Waals surface area contributed by atoms with Crippen molar-refractivity contribution in [3.8, 4) is 0 Å². The Hall–Kier alpha value is -1.55. The SMILES string of the molecule is COC(=O)C(C)(O)CNc1ccc2c(c1)CCC2. The lowest BCUT2D eigenvalue weighted by atomic mass is 10.1. The van der Waals surface area contributed by atoms with E-state index in [1.807, 2.05) is 6.07 Å². The predicted molar refractivity (Wildman–Crippen MR) is 69.6 cm³/mol. The number of ether oxygens (including phenoxy) is 1. The van der Waals surface area contributed by atoms with Gasteiger partial charge in [-0.1, -0.05) is 6.07 Å². The van der Waals surface area contributed by atoms with Gasteiger partial charge in [-0.15, -0.1) is 0 Å². The van der Waals surface area contributed by atoms with Gasteiger partial charge in [-0.3, -0.25) is 0 Å². The molecule has 1 unspecified atom stereocenters. The Bertz CT molecular complexity index is 454. The first kappa shape index (κ1) is 12.9. The number of rotatable bonds is 4. The van der Waals surface area contributed by atoms with Crippen molar-refractivity contribution >= 4 is 11.7 Å². The molecule has 0 heterocycles. The number of methoxy groups -OCH3 is 1. The van der Waals surface area contributed by atoms with E-state index in [4.69, 9.17) is 0 Å². The molecule has 4 nitrogen and oxygen atoms in total. The highest BCUT2D eigenvalue weighted by Gasteiger charge is 2.31. The summed E-state index contributed by atoms with van der Waals surface area (Å²) in [6.45, 7) is 1.58. The van der Waals surface area contributed by atoms with Gasteiger partial charge in [-0.25, -0.2) is 4.79 Å². The van der Waals surface area contributed by atoms with Gasteiger partial charge in [0, 0.05) is 5.69 Å². The Kier molecular flexibility index (Phi) is 3.57. The Morgan fingerprint density at radius 3 is 2.89 bits per heavy atom. The summed E-state index contributed by atoms with van der Waals surface area (Å²) in [5.41, 5.74) is 2.19. The van der Waals surface area contributed by atoms with Crippen LogP contribution in [-0.4, -0.2) is 30.3 Å². The Balaban J connectivity index is 2.00. The summed E-state index contributed by atoms with van der Waals surface area (Å²) in [6.07, 6.45) is 3.46. The predicted octanol–water partition coefficient (Wildman–Crippen LogP) is 1.51. The molecule has 2 N–H and O–H groups in total. The first-order chi connectivity index (χ1) is 8.53. The molecular weight excluding hydrogens is 230 g/mol. The smallest absolute Gasteiger partial charge is 0.339 e. The highest BCUT2D eigenvalue weighted by Crippen LogP contribution is 2.25. The molecule has 2 rings (SSSR count). The fourth-order valence-electron chi connectivity index (χ4n) is 2.25. The van der Waals surface area contributed by atoms with Gasteiger partial charge in [0.25, 0.3) is 0 Å². The third-order valence-corrected chi connectivity index (χ3v) is 3.36. The quantitative estimate of drug-likeness (QED) is 0.794. The van der Waals surface area contributed by atoms with Gasteiger partial charge in [-0.05, 0) is 49.4 Å². The van der Waals surface area contributed by atoms with E-state index in [1.54, 1.807) is 0 Å². The van der Waals surface area contributed by atoms with Crippen LogP contribution in [0.1, 0.15) is 24.5 Å². The Labute approximate surface area is 107 Å². The van der Waals surface area contributed by atoms with Crippen LogP contribution in [0.25, 0.3) is 0 Å². The number of aryl methyl sites for hydroxylation is 2. The molecule has 98 valence electrons. The van der Waals surface area contributed by atoms with Gasteiger partial charge in [0.2, 0.25) is 0 Å². The van der Waals surface area contributed by atoms with Crippen molar-refractivity contribution in [3.63, 3.8) is 0 Å². The van der Waals surface area contributed by atoms with Crippen LogP contribution in [0.5, 0.6) is 0 Å². The zero-order chi connectivity index (χ0) is 13.2. The fourth-order valence-corrected chi connectivity index (χ4v) is 2.25. The van der Waals surface area contributed by atoms with Crippen LogP contribution in [0.2, 0.25) is 0 Å². The van der Waals surface area contributed by atoms with Gasteiger partial charge in [0.05, 0.1) is 13.7 Å². The molecule has 1 atom stereocenters. The highest BCUT2D eigenvalue weighted by atomic mass is 16.5. The topological polar surface area (TPSA) is 58.6 Å². The van der Waals surface area contributed by atoms with E-state index in [0.717, 1.165) is 18.5 Å². The largest absolute Gasteiger partial charge is 0.467 e. The number of carbonyl (C=O) groups is 1. The van der Waals surface area contributed by atoms with E-state index in [-0.39, 0.29) is 6.54 Å². The summed E-state index contributed by atoms with van der Waals surface area (Å²) in [5, 5.41) is 13.0. The fraction of sp³-hybridized carbons (Fsp3) is 0.500. The molecule has 0 saturated carbocycles. The molecule has 0 amide bonds. The van der Waals surface area contributed by atoms with E-state index in [9.17, 15) is 9.90 Å². The lowest BCUT2D eigenvalue weighted by Crippen LogP contribution is -2.42. The molecule has 0 spiro atoms. The maximum absolute atomic E-state index is 11.3. The Morgan fingerprint density at radius 2 is 2.17 bits per heavy atom. The second kappa shape index (κ2) is 4.98. The van der Waals surface area contributed by atoms with Gasteiger partial charge < -0.3 is 15.2 Å². The molecule has 1 aromatic carbocycles. The van der Waals surface area contributed by atoms with Crippen LogP contribution in [0.15, 0.2) is 18.2 Å². The van der Waals surface area contributed by atoms with Crippen molar-refractivity contribution in [1.82, 2.24) is 0 Å². The molecule has 0 aliphatic heterocycles. The lowest BCUT2D eigenvalue weighted by molar-refractivity contribution is -0.158. The molecule has 0 aromatic heterocycles. The summed E-state index contributed by atoms with van der Waals surface area (Å²) in [6, 6.07) is 6.19. The second-order valence-electron chi connectivity index (χ2n) is 4.96. The minimum atomic E-state index is -1.51. The van der Waals surface area contributed by atoms with Crippen LogP contribution >= 0.6 is 0 Å². The molecule has 0 radical (unpaired) electrons. The molecule has 1 aliphatic carbocycles.